The summed E-state index contributed by atoms with van der Waals surface area (Å²) in [5, 5.41) is 9.28. The normalized spacial score (nSPS) is 11.6. The van der Waals surface area contributed by atoms with Gasteiger partial charge in [-0.25, -0.2) is 4.79 Å². The number of hydrogen-bond acceptors (Lipinski definition) is 5. The van der Waals surface area contributed by atoms with Crippen molar-refractivity contribution in [3.63, 3.8) is 0 Å². The number of rotatable bonds is 3. The summed E-state index contributed by atoms with van der Waals surface area (Å²) in [5.74, 6) is -1.33. The van der Waals surface area contributed by atoms with Crippen LogP contribution in [0.2, 0.25) is 0 Å². The van der Waals surface area contributed by atoms with Crippen LogP contribution in [0.25, 0.3) is 6.08 Å². The van der Waals surface area contributed by atoms with E-state index in [1.54, 1.807) is 12.1 Å². The zero-order chi connectivity index (χ0) is 12.2. The van der Waals surface area contributed by atoms with E-state index < -0.39 is 16.4 Å². The minimum absolute atomic E-state index is 0.0709. The Balaban J connectivity index is 2.75. The second kappa shape index (κ2) is 4.77. The lowest BCUT2D eigenvalue weighted by Crippen LogP contribution is -2.08. The van der Waals surface area contributed by atoms with Crippen LogP contribution in [0.15, 0.2) is 30.3 Å². The van der Waals surface area contributed by atoms with Gasteiger partial charge in [-0.15, -0.1) is 0 Å². The Labute approximate surface area is 91.7 Å². The van der Waals surface area contributed by atoms with Gasteiger partial charge in [0.05, 0.1) is 0 Å². The van der Waals surface area contributed by atoms with Crippen LogP contribution in [0, 0.1) is 0 Å². The van der Waals surface area contributed by atoms with Crippen LogP contribution >= 0.6 is 0 Å². The largest absolute Gasteiger partial charge is 0.507 e. The van der Waals surface area contributed by atoms with E-state index in [4.69, 9.17) is 4.55 Å². The van der Waals surface area contributed by atoms with E-state index in [0.717, 1.165) is 12.2 Å². The quantitative estimate of drug-likeness (QED) is 0.601. The third-order valence-corrected chi connectivity index (χ3v) is 1.90. The Morgan fingerprint density at radius 1 is 1.31 bits per heavy atom. The van der Waals surface area contributed by atoms with Crippen LogP contribution in [0.5, 0.6) is 5.75 Å². The number of phenolic OH excluding ortho intramolecular Hbond substituents is 1. The maximum atomic E-state index is 10.8. The smallest absolute Gasteiger partial charge is 0.449 e. The third kappa shape index (κ3) is 4.11. The van der Waals surface area contributed by atoms with Gasteiger partial charge in [0.1, 0.15) is 5.75 Å². The summed E-state index contributed by atoms with van der Waals surface area (Å²) in [7, 11) is -4.80. The highest BCUT2D eigenvalue weighted by atomic mass is 32.3. The molecule has 0 unspecified atom stereocenters. The molecule has 0 fully saturated rings. The molecule has 0 heterocycles. The van der Waals surface area contributed by atoms with Crippen molar-refractivity contribution >= 4 is 22.4 Å². The Kier molecular flexibility index (Phi) is 3.64. The van der Waals surface area contributed by atoms with Gasteiger partial charge >= 0.3 is 16.4 Å². The molecule has 0 amide bonds. The second-order valence-corrected chi connectivity index (χ2v) is 3.74. The number of aromatic hydroxyl groups is 1. The SMILES string of the molecule is O=C(/C=C/c1ccccc1O)OS(=O)(=O)O. The van der Waals surface area contributed by atoms with Crippen molar-refractivity contribution in [2.45, 2.75) is 0 Å². The molecule has 0 aliphatic rings. The summed E-state index contributed by atoms with van der Waals surface area (Å²) in [6, 6.07) is 6.11. The molecule has 86 valence electrons. The second-order valence-electron chi connectivity index (χ2n) is 2.72. The van der Waals surface area contributed by atoms with Crippen molar-refractivity contribution in [2.75, 3.05) is 0 Å². The first-order valence-corrected chi connectivity index (χ1v) is 5.42. The molecular weight excluding hydrogens is 236 g/mol. The minimum atomic E-state index is -4.80. The molecule has 6 nitrogen and oxygen atoms in total. The van der Waals surface area contributed by atoms with Gasteiger partial charge in [0.25, 0.3) is 0 Å². The summed E-state index contributed by atoms with van der Waals surface area (Å²) < 4.78 is 32.1. The van der Waals surface area contributed by atoms with Crippen molar-refractivity contribution in [3.05, 3.63) is 35.9 Å². The van der Waals surface area contributed by atoms with Crippen molar-refractivity contribution in [1.29, 1.82) is 0 Å². The highest BCUT2D eigenvalue weighted by molar-refractivity contribution is 7.81. The van der Waals surface area contributed by atoms with Crippen LogP contribution in [0.4, 0.5) is 0 Å². The average molecular weight is 244 g/mol. The standard InChI is InChI=1S/C9H8O6S/c10-8-4-2-1-3-7(8)5-6-9(11)15-16(12,13)14/h1-6,10H,(H,12,13,14)/b6-5+. The Morgan fingerprint density at radius 2 is 1.94 bits per heavy atom. The first-order chi connectivity index (χ1) is 7.38. The molecule has 0 aliphatic carbocycles. The number of para-hydroxylation sites is 1. The fraction of sp³-hybridized carbons (Fsp3) is 0. The van der Waals surface area contributed by atoms with E-state index >= 15 is 0 Å². The number of carbonyl (C=O) groups excluding carboxylic acids is 1. The molecule has 1 aromatic carbocycles. The van der Waals surface area contributed by atoms with Gasteiger partial charge in [-0.3, -0.25) is 4.55 Å². The molecule has 0 aliphatic heterocycles. The molecular formula is C9H8O6S. The number of carbonyl (C=O) groups is 1. The fourth-order valence-electron chi connectivity index (χ4n) is 0.918. The highest BCUT2D eigenvalue weighted by Gasteiger charge is 2.09. The predicted octanol–water partition coefficient (Wildman–Crippen LogP) is 0.751. The fourth-order valence-corrected chi connectivity index (χ4v) is 1.18. The molecule has 2 N–H and O–H groups in total. The van der Waals surface area contributed by atoms with E-state index in [1.165, 1.54) is 12.1 Å². The first kappa shape index (κ1) is 12.2. The van der Waals surface area contributed by atoms with Gasteiger partial charge < -0.3 is 9.29 Å². The summed E-state index contributed by atoms with van der Waals surface area (Å²) in [6.45, 7) is 0. The van der Waals surface area contributed by atoms with Crippen LogP contribution in [0.3, 0.4) is 0 Å². The van der Waals surface area contributed by atoms with Gasteiger partial charge in [-0.2, -0.15) is 8.42 Å². The Morgan fingerprint density at radius 3 is 2.50 bits per heavy atom. The average Bonchev–Trinajstić information content (AvgIpc) is 2.14. The van der Waals surface area contributed by atoms with E-state index in [9.17, 15) is 18.3 Å². The molecule has 0 aromatic heterocycles. The van der Waals surface area contributed by atoms with Gasteiger partial charge in [-0.1, -0.05) is 18.2 Å². The molecule has 0 spiro atoms. The summed E-state index contributed by atoms with van der Waals surface area (Å²) in [5.41, 5.74) is 0.315. The van der Waals surface area contributed by atoms with Gasteiger partial charge in [0.2, 0.25) is 0 Å². The molecule has 0 saturated heterocycles. The maximum Gasteiger partial charge on any atom is 0.449 e. The monoisotopic (exact) mass is 244 g/mol. The van der Waals surface area contributed by atoms with E-state index in [1.807, 2.05) is 0 Å². The highest BCUT2D eigenvalue weighted by Crippen LogP contribution is 2.16. The van der Waals surface area contributed by atoms with E-state index in [0.29, 0.717) is 5.56 Å². The third-order valence-electron chi connectivity index (χ3n) is 1.52. The van der Waals surface area contributed by atoms with Crippen LogP contribution in [0.1, 0.15) is 5.56 Å². The molecule has 7 heteroatoms. The lowest BCUT2D eigenvalue weighted by atomic mass is 10.2. The lowest BCUT2D eigenvalue weighted by Gasteiger charge is -1.97. The summed E-state index contributed by atoms with van der Waals surface area (Å²) in [4.78, 5) is 10.8. The van der Waals surface area contributed by atoms with Crippen LogP contribution < -0.4 is 0 Å². The number of hydrogen-bond donors (Lipinski definition) is 2. The molecule has 1 aromatic rings. The Bertz CT molecular complexity index is 517. The zero-order valence-electron chi connectivity index (χ0n) is 7.90. The molecule has 1 rings (SSSR count). The van der Waals surface area contributed by atoms with Gasteiger partial charge in [-0.05, 0) is 12.1 Å². The molecule has 0 bridgehead atoms. The number of benzene rings is 1. The van der Waals surface area contributed by atoms with Crippen molar-refractivity contribution in [3.8, 4) is 5.75 Å². The van der Waals surface area contributed by atoms with E-state index in [-0.39, 0.29) is 5.75 Å². The Hall–Kier alpha value is -1.86. The summed E-state index contributed by atoms with van der Waals surface area (Å²) in [6.07, 6.45) is 1.92. The maximum absolute atomic E-state index is 10.8. The molecule has 16 heavy (non-hydrogen) atoms. The predicted molar refractivity (Wildman–Crippen MR) is 54.8 cm³/mol. The topological polar surface area (TPSA) is 101 Å². The van der Waals surface area contributed by atoms with Gasteiger partial charge in [0, 0.05) is 11.6 Å². The zero-order valence-corrected chi connectivity index (χ0v) is 8.72. The van der Waals surface area contributed by atoms with Gasteiger partial charge in [0.15, 0.2) is 0 Å². The van der Waals surface area contributed by atoms with E-state index in [2.05, 4.69) is 4.18 Å². The molecule has 0 saturated carbocycles. The van der Waals surface area contributed by atoms with Crippen LogP contribution in [-0.4, -0.2) is 24.0 Å². The first-order valence-electron chi connectivity index (χ1n) is 4.05. The molecule has 0 radical (unpaired) electrons. The lowest BCUT2D eigenvalue weighted by molar-refractivity contribution is -0.128. The van der Waals surface area contributed by atoms with Crippen LogP contribution in [-0.2, 0) is 19.4 Å². The molecule has 0 atom stereocenters. The van der Waals surface area contributed by atoms with Crippen molar-refractivity contribution in [1.82, 2.24) is 0 Å². The number of phenols is 1. The minimum Gasteiger partial charge on any atom is -0.507 e. The summed E-state index contributed by atoms with van der Waals surface area (Å²) >= 11 is 0. The van der Waals surface area contributed by atoms with Crippen molar-refractivity contribution in [2.24, 2.45) is 0 Å². The van der Waals surface area contributed by atoms with Crippen molar-refractivity contribution < 1.29 is 27.1 Å².